The van der Waals surface area contributed by atoms with E-state index in [1.54, 1.807) is 0 Å². The van der Waals surface area contributed by atoms with Gasteiger partial charge in [-0.25, -0.2) is 15.0 Å². The summed E-state index contributed by atoms with van der Waals surface area (Å²) in [5.41, 5.74) is 6.27. The lowest BCUT2D eigenvalue weighted by Gasteiger charge is -2.44. The molecular formula is C24H28N4. The molecule has 3 aromatic rings. The summed E-state index contributed by atoms with van der Waals surface area (Å²) in [7, 11) is 0. The Morgan fingerprint density at radius 3 is 2.04 bits per heavy atom. The van der Waals surface area contributed by atoms with E-state index in [9.17, 15) is 0 Å². The molecule has 0 spiro atoms. The first-order valence-corrected chi connectivity index (χ1v) is 9.83. The van der Waals surface area contributed by atoms with Gasteiger partial charge in [0.2, 0.25) is 0 Å². The number of aromatic nitrogens is 4. The van der Waals surface area contributed by atoms with Crippen LogP contribution in [0.2, 0.25) is 0 Å². The summed E-state index contributed by atoms with van der Waals surface area (Å²) in [4.78, 5) is 17.4. The molecule has 2 aromatic heterocycles. The van der Waals surface area contributed by atoms with Crippen LogP contribution in [0.5, 0.6) is 0 Å². The average molecular weight is 373 g/mol. The first-order valence-electron chi connectivity index (χ1n) is 9.83. The van der Waals surface area contributed by atoms with Gasteiger partial charge in [0.1, 0.15) is 12.2 Å². The highest BCUT2D eigenvalue weighted by Crippen LogP contribution is 2.61. The fourth-order valence-electron chi connectivity index (χ4n) is 4.43. The van der Waals surface area contributed by atoms with E-state index in [2.05, 4.69) is 80.8 Å². The lowest BCUT2D eigenvalue weighted by Crippen LogP contribution is -2.42. The minimum atomic E-state index is 0.0875. The molecule has 0 aliphatic heterocycles. The van der Waals surface area contributed by atoms with Crippen molar-refractivity contribution < 1.29 is 0 Å². The molecule has 144 valence electrons. The van der Waals surface area contributed by atoms with Crippen LogP contribution in [0, 0.1) is 12.3 Å². The number of fused-ring (bicyclic) bond motifs is 1. The molecule has 0 N–H and O–H groups in total. The SMILES string of the molecule is Cc1ncnc(-c2ccc(-c3ccc4c(c3)C(C)(C)C(C)(C)C4(C)C)nc2)n1. The zero-order chi connectivity index (χ0) is 20.3. The number of benzene rings is 1. The van der Waals surface area contributed by atoms with Crippen molar-refractivity contribution >= 4 is 0 Å². The minimum Gasteiger partial charge on any atom is -0.255 e. The molecule has 0 atom stereocenters. The second-order valence-electron chi connectivity index (χ2n) is 9.42. The van der Waals surface area contributed by atoms with Gasteiger partial charge in [0.05, 0.1) is 5.69 Å². The smallest absolute Gasteiger partial charge is 0.164 e. The highest BCUT2D eigenvalue weighted by atomic mass is 15.0. The fourth-order valence-corrected chi connectivity index (χ4v) is 4.43. The van der Waals surface area contributed by atoms with Crippen LogP contribution >= 0.6 is 0 Å². The van der Waals surface area contributed by atoms with Gasteiger partial charge in [0.15, 0.2) is 5.82 Å². The third-order valence-corrected chi connectivity index (χ3v) is 7.50. The molecule has 2 heterocycles. The molecule has 0 saturated heterocycles. The molecule has 28 heavy (non-hydrogen) atoms. The maximum Gasteiger partial charge on any atom is 0.164 e. The van der Waals surface area contributed by atoms with Gasteiger partial charge in [-0.15, -0.1) is 0 Å². The van der Waals surface area contributed by atoms with Crippen molar-refractivity contribution in [1.82, 2.24) is 19.9 Å². The van der Waals surface area contributed by atoms with E-state index >= 15 is 0 Å². The molecule has 4 nitrogen and oxygen atoms in total. The van der Waals surface area contributed by atoms with Gasteiger partial charge in [-0.1, -0.05) is 53.7 Å². The van der Waals surface area contributed by atoms with Crippen LogP contribution in [0.1, 0.15) is 58.5 Å². The lowest BCUT2D eigenvalue weighted by atomic mass is 9.59. The van der Waals surface area contributed by atoms with Gasteiger partial charge in [-0.05, 0) is 52.5 Å². The molecular weight excluding hydrogens is 344 g/mol. The Bertz CT molecular complexity index is 1050. The van der Waals surface area contributed by atoms with Crippen LogP contribution in [0.15, 0.2) is 42.9 Å². The van der Waals surface area contributed by atoms with E-state index in [0.717, 1.165) is 16.8 Å². The van der Waals surface area contributed by atoms with Crippen LogP contribution in [0.3, 0.4) is 0 Å². The third-order valence-electron chi connectivity index (χ3n) is 7.50. The Kier molecular flexibility index (Phi) is 3.97. The molecule has 1 aromatic carbocycles. The molecule has 0 unspecified atom stereocenters. The van der Waals surface area contributed by atoms with Crippen molar-refractivity contribution in [2.45, 2.75) is 59.3 Å². The zero-order valence-corrected chi connectivity index (χ0v) is 17.8. The molecule has 4 rings (SSSR count). The quantitative estimate of drug-likeness (QED) is 0.596. The highest BCUT2D eigenvalue weighted by molar-refractivity contribution is 5.66. The lowest BCUT2D eigenvalue weighted by molar-refractivity contribution is 0.125. The van der Waals surface area contributed by atoms with Crippen molar-refractivity contribution in [3.63, 3.8) is 0 Å². The van der Waals surface area contributed by atoms with Gasteiger partial charge < -0.3 is 0 Å². The first kappa shape index (κ1) is 18.7. The number of hydrogen-bond acceptors (Lipinski definition) is 4. The van der Waals surface area contributed by atoms with Crippen molar-refractivity contribution in [2.75, 3.05) is 0 Å². The van der Waals surface area contributed by atoms with Gasteiger partial charge in [-0.3, -0.25) is 4.98 Å². The van der Waals surface area contributed by atoms with Gasteiger partial charge in [-0.2, -0.15) is 0 Å². The predicted octanol–water partition coefficient (Wildman–Crippen LogP) is 5.50. The fraction of sp³-hybridized carbons (Fsp3) is 0.417. The third kappa shape index (κ3) is 2.50. The van der Waals surface area contributed by atoms with E-state index in [4.69, 9.17) is 4.98 Å². The predicted molar refractivity (Wildman–Crippen MR) is 113 cm³/mol. The molecule has 0 fully saturated rings. The second-order valence-corrected chi connectivity index (χ2v) is 9.42. The summed E-state index contributed by atoms with van der Waals surface area (Å²) >= 11 is 0. The molecule has 1 aliphatic rings. The van der Waals surface area contributed by atoms with Gasteiger partial charge in [0, 0.05) is 17.3 Å². The molecule has 0 amide bonds. The number of rotatable bonds is 2. The molecule has 0 radical (unpaired) electrons. The summed E-state index contributed by atoms with van der Waals surface area (Å²) in [6, 6.07) is 10.9. The molecule has 1 aliphatic carbocycles. The summed E-state index contributed by atoms with van der Waals surface area (Å²) in [5, 5.41) is 0. The Balaban J connectivity index is 1.75. The molecule has 4 heteroatoms. The van der Waals surface area contributed by atoms with Gasteiger partial charge in [0.25, 0.3) is 0 Å². The van der Waals surface area contributed by atoms with E-state index < -0.39 is 0 Å². The van der Waals surface area contributed by atoms with Gasteiger partial charge >= 0.3 is 0 Å². The minimum absolute atomic E-state index is 0.0875. The van der Waals surface area contributed by atoms with Crippen molar-refractivity contribution in [1.29, 1.82) is 0 Å². The maximum atomic E-state index is 4.70. The van der Waals surface area contributed by atoms with E-state index in [1.807, 2.05) is 19.2 Å². The first-order chi connectivity index (χ1) is 13.1. The van der Waals surface area contributed by atoms with E-state index in [-0.39, 0.29) is 16.2 Å². The monoisotopic (exact) mass is 372 g/mol. The highest BCUT2D eigenvalue weighted by Gasteiger charge is 2.56. The Morgan fingerprint density at radius 1 is 0.714 bits per heavy atom. The summed E-state index contributed by atoms with van der Waals surface area (Å²) < 4.78 is 0. The summed E-state index contributed by atoms with van der Waals surface area (Å²) in [6.07, 6.45) is 3.38. The van der Waals surface area contributed by atoms with Crippen molar-refractivity contribution in [3.05, 3.63) is 59.8 Å². The van der Waals surface area contributed by atoms with Crippen LogP contribution in [-0.2, 0) is 10.8 Å². The average Bonchev–Trinajstić information content (AvgIpc) is 2.77. The van der Waals surface area contributed by atoms with E-state index in [0.29, 0.717) is 11.6 Å². The molecule has 0 bridgehead atoms. The zero-order valence-electron chi connectivity index (χ0n) is 17.8. The Morgan fingerprint density at radius 2 is 1.39 bits per heavy atom. The van der Waals surface area contributed by atoms with Crippen molar-refractivity contribution in [3.8, 4) is 22.6 Å². The number of nitrogens with zero attached hydrogens (tertiary/aromatic N) is 4. The largest absolute Gasteiger partial charge is 0.255 e. The van der Waals surface area contributed by atoms with Crippen LogP contribution in [0.25, 0.3) is 22.6 Å². The number of pyridine rings is 1. The normalized spacial score (nSPS) is 18.7. The number of hydrogen-bond donors (Lipinski definition) is 0. The standard InChI is InChI=1S/C24H28N4/c1-15-26-14-27-21(28-15)17-9-11-20(25-13-17)16-8-10-18-19(12-16)23(4,5)24(6,7)22(18,2)3/h8-14H,1-7H3. The van der Waals surface area contributed by atoms with Crippen LogP contribution in [-0.4, -0.2) is 19.9 Å². The van der Waals surface area contributed by atoms with Crippen LogP contribution < -0.4 is 0 Å². The van der Waals surface area contributed by atoms with E-state index in [1.165, 1.54) is 17.5 Å². The molecule has 0 saturated carbocycles. The second kappa shape index (κ2) is 5.94. The summed E-state index contributed by atoms with van der Waals surface area (Å²) in [5.74, 6) is 1.37. The van der Waals surface area contributed by atoms with Crippen LogP contribution in [0.4, 0.5) is 0 Å². The van der Waals surface area contributed by atoms with Crippen molar-refractivity contribution in [2.24, 2.45) is 5.41 Å². The summed E-state index contributed by atoms with van der Waals surface area (Å²) in [6.45, 7) is 16.1. The Labute approximate surface area is 167 Å². The topological polar surface area (TPSA) is 51.6 Å². The Hall–Kier alpha value is -2.62. The number of aryl methyl sites for hydroxylation is 1. The maximum absolute atomic E-state index is 4.70.